The summed E-state index contributed by atoms with van der Waals surface area (Å²) in [6.45, 7) is 8.11. The molecule has 3 aromatic rings. The van der Waals surface area contributed by atoms with Crippen LogP contribution in [0.3, 0.4) is 0 Å². The van der Waals surface area contributed by atoms with E-state index < -0.39 is 11.4 Å². The molecular weight excluding hydrogens is 484 g/mol. The Balaban J connectivity index is 0.00000380. The van der Waals surface area contributed by atoms with Crippen LogP contribution in [-0.2, 0) is 21.4 Å². The molecule has 0 saturated carbocycles. The third-order valence-corrected chi connectivity index (χ3v) is 7.72. The third kappa shape index (κ3) is 6.71. The van der Waals surface area contributed by atoms with Gasteiger partial charge in [-0.3, -0.25) is 9.59 Å². The van der Waals surface area contributed by atoms with Crippen LogP contribution in [0.25, 0.3) is 10.8 Å². The number of hydrogen-bond acceptors (Lipinski definition) is 3. The Morgan fingerprint density at radius 1 is 1.00 bits per heavy atom. The number of piperidine rings is 1. The van der Waals surface area contributed by atoms with E-state index in [9.17, 15) is 14.7 Å². The molecule has 4 rings (SSSR count). The Morgan fingerprint density at radius 2 is 1.65 bits per heavy atom. The van der Waals surface area contributed by atoms with E-state index in [4.69, 9.17) is 0 Å². The van der Waals surface area contributed by atoms with Gasteiger partial charge in [0.2, 0.25) is 5.91 Å². The van der Waals surface area contributed by atoms with E-state index in [1.54, 1.807) is 0 Å². The maximum absolute atomic E-state index is 13.2. The van der Waals surface area contributed by atoms with Crippen molar-refractivity contribution in [2.24, 2.45) is 5.92 Å². The van der Waals surface area contributed by atoms with Gasteiger partial charge in [0.25, 0.3) is 0 Å². The summed E-state index contributed by atoms with van der Waals surface area (Å²) in [6.07, 6.45) is 3.08. The van der Waals surface area contributed by atoms with Crippen LogP contribution in [0.5, 0.6) is 0 Å². The average Bonchev–Trinajstić information content (AvgIpc) is 2.90. The topological polar surface area (TPSA) is 69.6 Å². The summed E-state index contributed by atoms with van der Waals surface area (Å²) < 4.78 is 0. The summed E-state index contributed by atoms with van der Waals surface area (Å²) in [5, 5.41) is 15.5. The highest BCUT2D eigenvalue weighted by Gasteiger charge is 2.36. The number of fused-ring (bicyclic) bond motifs is 1. The van der Waals surface area contributed by atoms with Gasteiger partial charge in [-0.2, -0.15) is 0 Å². The molecule has 37 heavy (non-hydrogen) atoms. The van der Waals surface area contributed by atoms with Crippen LogP contribution in [0, 0.1) is 5.92 Å². The first-order chi connectivity index (χ1) is 17.3. The quantitative estimate of drug-likeness (QED) is 0.331. The normalized spacial score (nSPS) is 15.3. The summed E-state index contributed by atoms with van der Waals surface area (Å²) in [4.78, 5) is 26.3. The largest absolute Gasteiger partial charge is 0.481 e. The molecular formula is C31H39ClN2O3. The molecule has 6 heteroatoms. The second kappa shape index (κ2) is 12.6. The fraction of sp³-hybridized carbons (Fsp3) is 0.419. The summed E-state index contributed by atoms with van der Waals surface area (Å²) in [6, 6.07) is 23.7. The van der Waals surface area contributed by atoms with E-state index >= 15 is 0 Å². The zero-order chi connectivity index (χ0) is 25.7. The first kappa shape index (κ1) is 28.7. The van der Waals surface area contributed by atoms with Crippen molar-refractivity contribution in [1.82, 2.24) is 10.2 Å². The Hall–Kier alpha value is -2.89. The van der Waals surface area contributed by atoms with E-state index in [1.807, 2.05) is 18.7 Å². The van der Waals surface area contributed by atoms with Gasteiger partial charge in [-0.15, -0.1) is 12.4 Å². The highest BCUT2D eigenvalue weighted by atomic mass is 35.5. The predicted octanol–water partition coefficient (Wildman–Crippen LogP) is 6.15. The third-order valence-electron chi connectivity index (χ3n) is 7.72. The molecule has 0 unspecified atom stereocenters. The average molecular weight is 523 g/mol. The summed E-state index contributed by atoms with van der Waals surface area (Å²) >= 11 is 0. The maximum Gasteiger partial charge on any atom is 0.306 e. The molecule has 0 spiro atoms. The zero-order valence-electron chi connectivity index (χ0n) is 22.1. The number of aryl methyl sites for hydroxylation is 1. The SMILES string of the molecule is C[C@@H](NCCCc1ccc(C(C)(C)C(=O)N2CCC(C(=O)O)CC2)cc1)c1cccc2ccccc12.Cl. The Labute approximate surface area is 226 Å². The fourth-order valence-corrected chi connectivity index (χ4v) is 5.29. The number of likely N-dealkylation sites (tertiary alicyclic amines) is 1. The molecule has 1 saturated heterocycles. The zero-order valence-corrected chi connectivity index (χ0v) is 22.9. The van der Waals surface area contributed by atoms with Crippen molar-refractivity contribution in [1.29, 1.82) is 0 Å². The molecule has 1 aliphatic rings. The van der Waals surface area contributed by atoms with Crippen molar-refractivity contribution in [2.75, 3.05) is 19.6 Å². The smallest absolute Gasteiger partial charge is 0.306 e. The van der Waals surface area contributed by atoms with Crippen molar-refractivity contribution < 1.29 is 14.7 Å². The van der Waals surface area contributed by atoms with Crippen LogP contribution in [0.2, 0.25) is 0 Å². The van der Waals surface area contributed by atoms with Gasteiger partial charge in [-0.05, 0) is 80.5 Å². The molecule has 1 heterocycles. The van der Waals surface area contributed by atoms with E-state index in [2.05, 4.69) is 79.0 Å². The van der Waals surface area contributed by atoms with Gasteiger partial charge < -0.3 is 15.3 Å². The number of benzene rings is 3. The number of halogens is 1. The lowest BCUT2D eigenvalue weighted by Crippen LogP contribution is -2.47. The molecule has 0 aliphatic carbocycles. The first-order valence-electron chi connectivity index (χ1n) is 13.1. The minimum Gasteiger partial charge on any atom is -0.481 e. The monoisotopic (exact) mass is 522 g/mol. The lowest BCUT2D eigenvalue weighted by Gasteiger charge is -2.36. The maximum atomic E-state index is 13.2. The second-order valence-corrected chi connectivity index (χ2v) is 10.6. The standard InChI is InChI=1S/C31H38N2O3.ClH/c1-22(27-12-6-10-24-9-4-5-11-28(24)27)32-19-7-8-23-13-15-26(16-14-23)31(2,3)30(36)33-20-17-25(18-21-33)29(34)35;/h4-6,9-16,22,25,32H,7-8,17-21H2,1-3H3,(H,34,35);1H/t22-;/m1./s1. The van der Waals surface area contributed by atoms with E-state index in [-0.39, 0.29) is 30.3 Å². The lowest BCUT2D eigenvalue weighted by molar-refractivity contribution is -0.147. The fourth-order valence-electron chi connectivity index (χ4n) is 5.29. The number of aliphatic carboxylic acids is 1. The first-order valence-corrected chi connectivity index (χ1v) is 13.1. The number of carbonyl (C=O) groups is 2. The highest BCUT2D eigenvalue weighted by Crippen LogP contribution is 2.29. The summed E-state index contributed by atoms with van der Waals surface area (Å²) in [5.41, 5.74) is 2.96. The van der Waals surface area contributed by atoms with Gasteiger partial charge in [-0.25, -0.2) is 0 Å². The molecule has 1 aliphatic heterocycles. The minimum atomic E-state index is -0.754. The van der Waals surface area contributed by atoms with Gasteiger partial charge in [0, 0.05) is 19.1 Å². The van der Waals surface area contributed by atoms with Crippen molar-refractivity contribution in [3.63, 3.8) is 0 Å². The van der Waals surface area contributed by atoms with Gasteiger partial charge in [-0.1, -0.05) is 66.7 Å². The number of carboxylic acids is 1. The van der Waals surface area contributed by atoms with Crippen LogP contribution in [-0.4, -0.2) is 41.5 Å². The molecule has 1 fully saturated rings. The van der Waals surface area contributed by atoms with E-state index in [0.717, 1.165) is 24.9 Å². The molecule has 3 aromatic carbocycles. The lowest BCUT2D eigenvalue weighted by atomic mass is 9.82. The van der Waals surface area contributed by atoms with Crippen LogP contribution in [0.15, 0.2) is 66.7 Å². The molecule has 2 N–H and O–H groups in total. The summed E-state index contributed by atoms with van der Waals surface area (Å²) in [5.74, 6) is -1.01. The number of carboxylic acid groups (broad SMARTS) is 1. The van der Waals surface area contributed by atoms with Gasteiger partial charge in [0.15, 0.2) is 0 Å². The predicted molar refractivity (Wildman–Crippen MR) is 152 cm³/mol. The molecule has 0 radical (unpaired) electrons. The molecule has 0 aromatic heterocycles. The minimum absolute atomic E-state index is 0. The van der Waals surface area contributed by atoms with Gasteiger partial charge >= 0.3 is 5.97 Å². The van der Waals surface area contributed by atoms with Crippen molar-refractivity contribution in [3.8, 4) is 0 Å². The van der Waals surface area contributed by atoms with Crippen molar-refractivity contribution in [2.45, 2.75) is 57.9 Å². The number of nitrogens with one attached hydrogen (secondary N) is 1. The van der Waals surface area contributed by atoms with E-state index in [0.29, 0.717) is 25.9 Å². The molecule has 198 valence electrons. The Bertz CT molecular complexity index is 1200. The molecule has 1 atom stereocenters. The van der Waals surface area contributed by atoms with Gasteiger partial charge in [0.1, 0.15) is 0 Å². The number of hydrogen-bond donors (Lipinski definition) is 2. The molecule has 5 nitrogen and oxygen atoms in total. The van der Waals surface area contributed by atoms with Gasteiger partial charge in [0.05, 0.1) is 11.3 Å². The Morgan fingerprint density at radius 3 is 2.32 bits per heavy atom. The van der Waals surface area contributed by atoms with Crippen LogP contribution in [0.4, 0.5) is 0 Å². The number of carbonyl (C=O) groups excluding carboxylic acids is 1. The van der Waals surface area contributed by atoms with Crippen molar-refractivity contribution >= 4 is 35.1 Å². The number of rotatable bonds is 9. The van der Waals surface area contributed by atoms with E-state index in [1.165, 1.54) is 21.9 Å². The van der Waals surface area contributed by atoms with Crippen LogP contribution < -0.4 is 5.32 Å². The van der Waals surface area contributed by atoms with Crippen LogP contribution >= 0.6 is 12.4 Å². The molecule has 0 bridgehead atoms. The number of amides is 1. The highest BCUT2D eigenvalue weighted by molar-refractivity contribution is 5.88. The Kier molecular flexibility index (Phi) is 9.74. The number of nitrogens with zero attached hydrogens (tertiary/aromatic N) is 1. The van der Waals surface area contributed by atoms with Crippen LogP contribution in [0.1, 0.15) is 62.8 Å². The molecule has 1 amide bonds. The second-order valence-electron chi connectivity index (χ2n) is 10.6. The summed E-state index contributed by atoms with van der Waals surface area (Å²) in [7, 11) is 0. The van der Waals surface area contributed by atoms with Crippen molar-refractivity contribution in [3.05, 3.63) is 83.4 Å².